The molecule has 2 N–H and O–H groups in total. The van der Waals surface area contributed by atoms with Gasteiger partial charge in [0.25, 0.3) is 0 Å². The summed E-state index contributed by atoms with van der Waals surface area (Å²) in [6, 6.07) is 15.2. The van der Waals surface area contributed by atoms with Crippen LogP contribution in [0.4, 0.5) is 0 Å². The van der Waals surface area contributed by atoms with Crippen LogP contribution in [-0.4, -0.2) is 52.8 Å². The highest BCUT2D eigenvalue weighted by Gasteiger charge is 2.41. The molecule has 0 bridgehead atoms. The van der Waals surface area contributed by atoms with Crippen LogP contribution in [0.2, 0.25) is 0 Å². The van der Waals surface area contributed by atoms with Crippen LogP contribution in [0.15, 0.2) is 108 Å². The smallest absolute Gasteiger partial charge is 0.351 e. The Hall–Kier alpha value is -2.57. The quantitative estimate of drug-likeness (QED) is 0.0603. The van der Waals surface area contributed by atoms with Crippen LogP contribution in [0.5, 0.6) is 11.5 Å². The summed E-state index contributed by atoms with van der Waals surface area (Å²) in [5, 5.41) is 22.7. The molecule has 0 saturated carbocycles. The standard InChI is InChI=1S/C28H24O10S6/c1-3-36-26(31)25(44(34,35)17-13-9-6-10-14-17)28-41-23-19(29)21-22(20(30)24(23)42-28)40-27(39-21)18(15-38-37-4-2)43(32,33)16-11-7-5-8-12-16/h5-14,29-30H,3-4,15H2,1-2H3. The number of aromatic hydroxyl groups is 2. The summed E-state index contributed by atoms with van der Waals surface area (Å²) in [5.41, 5.74) is 0. The maximum absolute atomic E-state index is 13.6. The number of phenols is 2. The highest BCUT2D eigenvalue weighted by molar-refractivity contribution is 8.26. The number of ether oxygens (including phenoxy) is 1. The van der Waals surface area contributed by atoms with Gasteiger partial charge in [0.1, 0.15) is 18.1 Å². The fraction of sp³-hybridized carbons (Fsp3) is 0.179. The first kappa shape index (κ1) is 32.8. The third-order valence-electron chi connectivity index (χ3n) is 6.02. The lowest BCUT2D eigenvalue weighted by atomic mass is 10.3. The van der Waals surface area contributed by atoms with Gasteiger partial charge in [0, 0.05) is 0 Å². The number of rotatable bonds is 10. The molecule has 3 aromatic rings. The maximum atomic E-state index is 13.6. The SMILES string of the molecule is CCOOCC(=C1Sc2c(O)c3c(c(O)c2S1)SC(=C(C(=O)OCC)S(=O)(=O)c1ccccc1)S3)S(=O)(=O)c1ccccc1. The Balaban J connectivity index is 1.59. The molecular weight excluding hydrogens is 689 g/mol. The molecule has 16 heteroatoms. The summed E-state index contributed by atoms with van der Waals surface area (Å²) in [4.78, 5) is 22.9. The minimum atomic E-state index is -4.35. The Bertz CT molecular complexity index is 1840. The van der Waals surface area contributed by atoms with Crippen LogP contribution < -0.4 is 0 Å². The van der Waals surface area contributed by atoms with Gasteiger partial charge in [-0.3, -0.25) is 0 Å². The van der Waals surface area contributed by atoms with E-state index in [4.69, 9.17) is 14.5 Å². The predicted octanol–water partition coefficient (Wildman–Crippen LogP) is 6.31. The number of thioether (sulfide) groups is 4. The van der Waals surface area contributed by atoms with Gasteiger partial charge >= 0.3 is 5.97 Å². The Morgan fingerprint density at radius 3 is 1.57 bits per heavy atom. The molecule has 10 nitrogen and oxygen atoms in total. The molecule has 0 saturated heterocycles. The van der Waals surface area contributed by atoms with Crippen LogP contribution in [-0.2, 0) is 39.0 Å². The molecule has 0 fully saturated rings. The highest BCUT2D eigenvalue weighted by atomic mass is 32.2. The second-order valence-corrected chi connectivity index (χ2v) is 17.2. The average Bonchev–Trinajstić information content (AvgIpc) is 3.65. The van der Waals surface area contributed by atoms with Gasteiger partial charge in [-0.25, -0.2) is 31.4 Å². The zero-order chi connectivity index (χ0) is 31.6. The molecule has 0 unspecified atom stereocenters. The number of hydrogen-bond donors (Lipinski definition) is 2. The van der Waals surface area contributed by atoms with E-state index >= 15 is 0 Å². The number of benzene rings is 3. The van der Waals surface area contributed by atoms with Crippen LogP contribution in [0.1, 0.15) is 13.8 Å². The van der Waals surface area contributed by atoms with Gasteiger partial charge in [0.2, 0.25) is 19.7 Å². The van der Waals surface area contributed by atoms with Crippen LogP contribution in [0.3, 0.4) is 0 Å². The Morgan fingerprint density at radius 2 is 1.11 bits per heavy atom. The second-order valence-electron chi connectivity index (χ2n) is 8.77. The Kier molecular flexibility index (Phi) is 10.0. The van der Waals surface area contributed by atoms with Crippen molar-refractivity contribution in [3.63, 3.8) is 0 Å². The first-order chi connectivity index (χ1) is 21.0. The molecular formula is C28H24O10S6. The number of fused-ring (bicyclic) bond motifs is 2. The van der Waals surface area contributed by atoms with Crippen molar-refractivity contribution >= 4 is 72.7 Å². The van der Waals surface area contributed by atoms with Gasteiger partial charge in [0.15, 0.2) is 4.91 Å². The lowest BCUT2D eigenvalue weighted by molar-refractivity contribution is -0.283. The van der Waals surface area contributed by atoms with E-state index in [9.17, 15) is 31.8 Å². The van der Waals surface area contributed by atoms with Gasteiger partial charge in [-0.05, 0) is 38.1 Å². The maximum Gasteiger partial charge on any atom is 0.351 e. The molecule has 44 heavy (non-hydrogen) atoms. The number of carbonyl (C=O) groups is 1. The molecule has 0 aromatic heterocycles. The largest absolute Gasteiger partial charge is 0.505 e. The van der Waals surface area contributed by atoms with E-state index in [-0.39, 0.29) is 67.5 Å². The lowest BCUT2D eigenvalue weighted by Crippen LogP contribution is -2.17. The number of sulfone groups is 2. The molecule has 0 spiro atoms. The molecule has 2 aliphatic heterocycles. The molecule has 0 amide bonds. The number of phenolic OH excluding ortho intramolecular Hbond substituents is 2. The summed E-state index contributed by atoms with van der Waals surface area (Å²) in [6.07, 6.45) is 0. The number of carbonyl (C=O) groups excluding carboxylic acids is 1. The average molecular weight is 713 g/mol. The van der Waals surface area contributed by atoms with Crippen LogP contribution >= 0.6 is 47.0 Å². The van der Waals surface area contributed by atoms with Crippen molar-refractivity contribution in [3.8, 4) is 11.5 Å². The van der Waals surface area contributed by atoms with Crippen molar-refractivity contribution in [2.45, 2.75) is 43.2 Å². The normalized spacial score (nSPS) is 14.3. The third kappa shape index (κ3) is 6.13. The Labute approximate surface area is 271 Å². The van der Waals surface area contributed by atoms with E-state index < -0.39 is 37.2 Å². The van der Waals surface area contributed by atoms with Crippen molar-refractivity contribution in [1.29, 1.82) is 0 Å². The van der Waals surface area contributed by atoms with E-state index in [1.807, 2.05) is 0 Å². The molecule has 2 aliphatic rings. The van der Waals surface area contributed by atoms with Gasteiger partial charge in [-0.2, -0.15) is 0 Å². The van der Waals surface area contributed by atoms with E-state index in [0.717, 1.165) is 47.0 Å². The van der Waals surface area contributed by atoms with Crippen molar-refractivity contribution in [1.82, 2.24) is 0 Å². The van der Waals surface area contributed by atoms with E-state index in [0.29, 0.717) is 0 Å². The second kappa shape index (κ2) is 13.4. The Morgan fingerprint density at radius 1 is 0.659 bits per heavy atom. The van der Waals surface area contributed by atoms with Gasteiger partial charge in [-0.15, -0.1) is 0 Å². The molecule has 0 aliphatic carbocycles. The number of esters is 1. The van der Waals surface area contributed by atoms with E-state index in [2.05, 4.69) is 0 Å². The highest BCUT2D eigenvalue weighted by Crippen LogP contribution is 2.68. The zero-order valence-electron chi connectivity index (χ0n) is 23.0. The minimum absolute atomic E-state index is 0.000184. The monoisotopic (exact) mass is 712 g/mol. The fourth-order valence-electron chi connectivity index (χ4n) is 4.02. The van der Waals surface area contributed by atoms with Gasteiger partial charge in [-0.1, -0.05) is 83.4 Å². The summed E-state index contributed by atoms with van der Waals surface area (Å²) < 4.78 is 59.8. The van der Waals surface area contributed by atoms with Crippen molar-refractivity contribution in [3.05, 3.63) is 78.9 Å². The van der Waals surface area contributed by atoms with Gasteiger partial charge < -0.3 is 14.9 Å². The van der Waals surface area contributed by atoms with E-state index in [1.54, 1.807) is 38.1 Å². The first-order valence-corrected chi connectivity index (χ1v) is 19.1. The van der Waals surface area contributed by atoms with Crippen molar-refractivity contribution in [2.75, 3.05) is 19.8 Å². The summed E-state index contributed by atoms with van der Waals surface area (Å²) in [7, 11) is -8.41. The van der Waals surface area contributed by atoms with Crippen LogP contribution in [0, 0.1) is 0 Å². The number of hydrogen-bond acceptors (Lipinski definition) is 14. The van der Waals surface area contributed by atoms with Crippen molar-refractivity contribution in [2.24, 2.45) is 0 Å². The van der Waals surface area contributed by atoms with Crippen molar-refractivity contribution < 1.29 is 46.4 Å². The molecule has 5 rings (SSSR count). The summed E-state index contributed by atoms with van der Waals surface area (Å²) >= 11 is 3.47. The molecule has 232 valence electrons. The first-order valence-electron chi connectivity index (χ1n) is 12.8. The van der Waals surface area contributed by atoms with E-state index in [1.165, 1.54) is 36.4 Å². The molecule has 2 heterocycles. The topological polar surface area (TPSA) is 154 Å². The predicted molar refractivity (Wildman–Crippen MR) is 169 cm³/mol. The van der Waals surface area contributed by atoms with Gasteiger partial charge in [0.05, 0.1) is 56.0 Å². The zero-order valence-corrected chi connectivity index (χ0v) is 27.9. The third-order valence-corrected chi connectivity index (χ3v) is 15.5. The van der Waals surface area contributed by atoms with Crippen LogP contribution in [0.25, 0.3) is 0 Å². The minimum Gasteiger partial charge on any atom is -0.505 e. The lowest BCUT2D eigenvalue weighted by Gasteiger charge is -2.12. The summed E-state index contributed by atoms with van der Waals surface area (Å²) in [5.74, 6) is -1.66. The molecule has 0 radical (unpaired) electrons. The summed E-state index contributed by atoms with van der Waals surface area (Å²) in [6.45, 7) is 2.91. The molecule has 3 aromatic carbocycles. The molecule has 0 atom stereocenters. The fourth-order valence-corrected chi connectivity index (χ4v) is 13.3.